The van der Waals surface area contributed by atoms with Crippen molar-refractivity contribution in [1.29, 1.82) is 0 Å². The van der Waals surface area contributed by atoms with E-state index >= 15 is 0 Å². The molecule has 1 amide bonds. The van der Waals surface area contributed by atoms with Crippen LogP contribution in [0, 0.1) is 10.5 Å². The molecule has 2 aromatic carbocycles. The molecule has 1 aromatic heterocycles. The number of pyridine rings is 1. The lowest BCUT2D eigenvalue weighted by atomic mass is 10.1. The molecule has 26 heavy (non-hydrogen) atoms. The fraction of sp³-hybridized carbons (Fsp3) is 0.105. The highest BCUT2D eigenvalue weighted by atomic mass is 127. The van der Waals surface area contributed by atoms with Crippen LogP contribution in [0.2, 0.25) is 5.15 Å². The third kappa shape index (κ3) is 4.13. The SMILES string of the molecule is COc1ccc2nc(Cl)c(/C=N/NC(=O)c3ccc(C)c(I)c3)cc2c1. The Labute approximate surface area is 169 Å². The molecule has 0 atom stereocenters. The summed E-state index contributed by atoms with van der Waals surface area (Å²) in [6.45, 7) is 1.99. The number of hydrazone groups is 1. The van der Waals surface area contributed by atoms with E-state index in [9.17, 15) is 4.79 Å². The van der Waals surface area contributed by atoms with Crippen LogP contribution in [0.15, 0.2) is 47.6 Å². The first-order chi connectivity index (χ1) is 12.5. The Bertz CT molecular complexity index is 1020. The number of ether oxygens (including phenoxy) is 1. The van der Waals surface area contributed by atoms with Gasteiger partial charge in [-0.1, -0.05) is 17.7 Å². The molecule has 0 spiro atoms. The second kappa shape index (κ2) is 8.01. The number of hydrogen-bond donors (Lipinski definition) is 1. The van der Waals surface area contributed by atoms with E-state index in [1.54, 1.807) is 13.2 Å². The van der Waals surface area contributed by atoms with Gasteiger partial charge in [-0.25, -0.2) is 10.4 Å². The van der Waals surface area contributed by atoms with Gasteiger partial charge in [0.2, 0.25) is 0 Å². The van der Waals surface area contributed by atoms with Crippen LogP contribution in [0.25, 0.3) is 10.9 Å². The summed E-state index contributed by atoms with van der Waals surface area (Å²) in [7, 11) is 1.61. The Hall–Kier alpha value is -2.19. The highest BCUT2D eigenvalue weighted by Crippen LogP contribution is 2.23. The molecule has 0 aliphatic heterocycles. The lowest BCUT2D eigenvalue weighted by molar-refractivity contribution is 0.0955. The first-order valence-electron chi connectivity index (χ1n) is 7.72. The summed E-state index contributed by atoms with van der Waals surface area (Å²) in [5, 5.41) is 5.18. The second-order valence-corrected chi connectivity index (χ2v) is 7.11. The van der Waals surface area contributed by atoms with Gasteiger partial charge in [0.05, 0.1) is 18.8 Å². The van der Waals surface area contributed by atoms with Crippen LogP contribution in [0.5, 0.6) is 5.75 Å². The predicted molar refractivity (Wildman–Crippen MR) is 112 cm³/mol. The zero-order chi connectivity index (χ0) is 18.7. The summed E-state index contributed by atoms with van der Waals surface area (Å²) < 4.78 is 6.24. The lowest BCUT2D eigenvalue weighted by Gasteiger charge is -2.05. The van der Waals surface area contributed by atoms with E-state index in [-0.39, 0.29) is 5.91 Å². The largest absolute Gasteiger partial charge is 0.497 e. The average Bonchev–Trinajstić information content (AvgIpc) is 2.63. The van der Waals surface area contributed by atoms with Crippen LogP contribution in [0.4, 0.5) is 0 Å². The quantitative estimate of drug-likeness (QED) is 0.258. The molecule has 3 aromatic rings. The van der Waals surface area contributed by atoms with E-state index in [1.165, 1.54) is 6.21 Å². The fourth-order valence-electron chi connectivity index (χ4n) is 2.32. The van der Waals surface area contributed by atoms with E-state index in [2.05, 4.69) is 38.1 Å². The summed E-state index contributed by atoms with van der Waals surface area (Å²) >= 11 is 8.39. The van der Waals surface area contributed by atoms with Crippen molar-refractivity contribution in [3.8, 4) is 5.75 Å². The van der Waals surface area contributed by atoms with Gasteiger partial charge in [-0.05, 0) is 71.5 Å². The molecule has 0 aliphatic carbocycles. The molecule has 1 heterocycles. The zero-order valence-electron chi connectivity index (χ0n) is 14.1. The number of nitrogens with zero attached hydrogens (tertiary/aromatic N) is 2. The van der Waals surface area contributed by atoms with Gasteiger partial charge in [0.25, 0.3) is 5.91 Å². The van der Waals surface area contributed by atoms with Crippen molar-refractivity contribution >= 4 is 57.2 Å². The molecule has 0 saturated heterocycles. The molecule has 0 bridgehead atoms. The summed E-state index contributed by atoms with van der Waals surface area (Å²) in [6.07, 6.45) is 1.48. The summed E-state index contributed by atoms with van der Waals surface area (Å²) in [6, 6.07) is 12.8. The third-order valence-electron chi connectivity index (χ3n) is 3.81. The third-order valence-corrected chi connectivity index (χ3v) is 5.27. The lowest BCUT2D eigenvalue weighted by Crippen LogP contribution is -2.17. The van der Waals surface area contributed by atoms with Crippen LogP contribution in [-0.2, 0) is 0 Å². The molecular weight excluding hydrogens is 465 g/mol. The van der Waals surface area contributed by atoms with Gasteiger partial charge in [-0.2, -0.15) is 5.10 Å². The Balaban J connectivity index is 1.80. The van der Waals surface area contributed by atoms with Crippen LogP contribution in [-0.4, -0.2) is 24.2 Å². The fourth-order valence-corrected chi connectivity index (χ4v) is 3.03. The van der Waals surface area contributed by atoms with E-state index in [4.69, 9.17) is 16.3 Å². The van der Waals surface area contributed by atoms with E-state index in [1.807, 2.05) is 43.3 Å². The minimum Gasteiger partial charge on any atom is -0.497 e. The van der Waals surface area contributed by atoms with Gasteiger partial charge in [-0.15, -0.1) is 0 Å². The number of carbonyl (C=O) groups is 1. The van der Waals surface area contributed by atoms with Gasteiger partial charge in [-0.3, -0.25) is 4.79 Å². The smallest absolute Gasteiger partial charge is 0.271 e. The molecule has 1 N–H and O–H groups in total. The molecule has 132 valence electrons. The van der Waals surface area contributed by atoms with Crippen molar-refractivity contribution in [1.82, 2.24) is 10.4 Å². The van der Waals surface area contributed by atoms with Crippen LogP contribution < -0.4 is 10.2 Å². The van der Waals surface area contributed by atoms with Gasteiger partial charge in [0.1, 0.15) is 10.9 Å². The minimum absolute atomic E-state index is 0.286. The monoisotopic (exact) mass is 479 g/mol. The first kappa shape index (κ1) is 18.6. The molecule has 0 fully saturated rings. The maximum atomic E-state index is 12.2. The molecule has 0 aliphatic rings. The molecular formula is C19H15ClIN3O2. The number of halogens is 2. The molecule has 7 heteroatoms. The topological polar surface area (TPSA) is 63.6 Å². The number of aromatic nitrogens is 1. The van der Waals surface area contributed by atoms with Crippen LogP contribution in [0.3, 0.4) is 0 Å². The van der Waals surface area contributed by atoms with Crippen molar-refractivity contribution < 1.29 is 9.53 Å². The van der Waals surface area contributed by atoms with E-state index in [0.717, 1.165) is 25.8 Å². The number of nitrogens with one attached hydrogen (secondary N) is 1. The predicted octanol–water partition coefficient (Wildman–Crippen LogP) is 4.57. The van der Waals surface area contributed by atoms with Crippen molar-refractivity contribution in [2.75, 3.05) is 7.11 Å². The molecule has 5 nitrogen and oxygen atoms in total. The van der Waals surface area contributed by atoms with E-state index in [0.29, 0.717) is 16.3 Å². The average molecular weight is 480 g/mol. The number of carbonyl (C=O) groups excluding carboxylic acids is 1. The molecule has 0 saturated carbocycles. The summed E-state index contributed by atoms with van der Waals surface area (Å²) in [4.78, 5) is 16.5. The number of amides is 1. The Kier molecular flexibility index (Phi) is 5.73. The summed E-state index contributed by atoms with van der Waals surface area (Å²) in [5.41, 5.74) is 5.53. The van der Waals surface area contributed by atoms with Gasteiger partial charge >= 0.3 is 0 Å². The normalized spacial score (nSPS) is 11.1. The summed E-state index contributed by atoms with van der Waals surface area (Å²) in [5.74, 6) is 0.442. The molecule has 3 rings (SSSR count). The van der Waals surface area contributed by atoms with Crippen molar-refractivity contribution in [2.45, 2.75) is 6.92 Å². The maximum absolute atomic E-state index is 12.2. The van der Waals surface area contributed by atoms with Crippen LogP contribution in [0.1, 0.15) is 21.5 Å². The van der Waals surface area contributed by atoms with Crippen molar-refractivity contribution in [3.05, 3.63) is 67.9 Å². The van der Waals surface area contributed by atoms with E-state index < -0.39 is 0 Å². The molecule has 0 radical (unpaired) electrons. The zero-order valence-corrected chi connectivity index (χ0v) is 17.0. The number of aryl methyl sites for hydroxylation is 1. The molecule has 0 unspecified atom stereocenters. The minimum atomic E-state index is -0.286. The number of benzene rings is 2. The Morgan fingerprint density at radius 3 is 2.81 bits per heavy atom. The Morgan fingerprint density at radius 2 is 2.08 bits per heavy atom. The number of methoxy groups -OCH3 is 1. The van der Waals surface area contributed by atoms with Gasteiger partial charge < -0.3 is 4.74 Å². The standard InChI is InChI=1S/C19H15ClIN3O2/c1-11-3-4-12(9-16(11)21)19(25)24-22-10-14-7-13-8-15(26-2)5-6-17(13)23-18(14)20/h3-10H,1-2H3,(H,24,25)/b22-10+. The second-order valence-electron chi connectivity index (χ2n) is 5.59. The Morgan fingerprint density at radius 1 is 1.27 bits per heavy atom. The number of fused-ring (bicyclic) bond motifs is 1. The number of hydrogen-bond acceptors (Lipinski definition) is 4. The van der Waals surface area contributed by atoms with Crippen LogP contribution >= 0.6 is 34.2 Å². The maximum Gasteiger partial charge on any atom is 0.271 e. The van der Waals surface area contributed by atoms with Gasteiger partial charge in [0.15, 0.2) is 0 Å². The highest BCUT2D eigenvalue weighted by Gasteiger charge is 2.07. The number of rotatable bonds is 4. The highest BCUT2D eigenvalue weighted by molar-refractivity contribution is 14.1. The van der Waals surface area contributed by atoms with Crippen molar-refractivity contribution in [2.24, 2.45) is 5.10 Å². The van der Waals surface area contributed by atoms with Crippen molar-refractivity contribution in [3.63, 3.8) is 0 Å². The first-order valence-corrected chi connectivity index (χ1v) is 9.17. The van der Waals surface area contributed by atoms with Gasteiger partial charge in [0, 0.05) is 20.1 Å².